The van der Waals surface area contributed by atoms with Crippen molar-refractivity contribution in [3.05, 3.63) is 50.6 Å². The van der Waals surface area contributed by atoms with Crippen LogP contribution in [-0.4, -0.2) is 4.98 Å². The molecule has 2 heterocycles. The molecule has 2 aromatic heterocycles. The molecule has 18 heavy (non-hydrogen) atoms. The van der Waals surface area contributed by atoms with E-state index in [1.54, 1.807) is 6.20 Å². The first-order valence-electron chi connectivity index (χ1n) is 5.49. The number of aromatic nitrogens is 1. The molecule has 3 nitrogen and oxygen atoms in total. The lowest BCUT2D eigenvalue weighted by molar-refractivity contribution is 0.522. The van der Waals surface area contributed by atoms with Crippen molar-refractivity contribution >= 4 is 38.2 Å². The number of nitrogens with two attached hydrogens (primary N) is 1. The highest BCUT2D eigenvalue weighted by Gasteiger charge is 2.17. The quantitative estimate of drug-likeness (QED) is 0.775. The zero-order valence-electron chi connectivity index (χ0n) is 9.68. The Balaban J connectivity index is 2.11. The third-order valence-electron chi connectivity index (χ3n) is 2.81. The molecule has 2 N–H and O–H groups in total. The summed E-state index contributed by atoms with van der Waals surface area (Å²) in [5.41, 5.74) is 8.14. The molecule has 0 aliphatic heterocycles. The number of halogens is 1. The fourth-order valence-electron chi connectivity index (χ4n) is 1.97. The van der Waals surface area contributed by atoms with Crippen molar-refractivity contribution < 1.29 is 4.42 Å². The molecule has 0 saturated heterocycles. The molecule has 0 fully saturated rings. The first-order chi connectivity index (χ1) is 8.65. The maximum absolute atomic E-state index is 6.16. The number of thiazole rings is 1. The third kappa shape index (κ3) is 1.98. The van der Waals surface area contributed by atoms with Crippen molar-refractivity contribution in [2.75, 3.05) is 0 Å². The van der Waals surface area contributed by atoms with Gasteiger partial charge in [0.2, 0.25) is 0 Å². The highest BCUT2D eigenvalue weighted by Crippen LogP contribution is 2.31. The first kappa shape index (κ1) is 11.9. The molecule has 1 unspecified atom stereocenters. The van der Waals surface area contributed by atoms with E-state index in [0.717, 1.165) is 31.8 Å². The summed E-state index contributed by atoms with van der Waals surface area (Å²) in [7, 11) is 0. The van der Waals surface area contributed by atoms with E-state index >= 15 is 0 Å². The maximum Gasteiger partial charge on any atom is 0.137 e. The second-order valence-corrected chi connectivity index (χ2v) is 5.98. The van der Waals surface area contributed by atoms with Gasteiger partial charge in [-0.15, -0.1) is 11.3 Å². The SMILES string of the molecule is Cc1cc(Br)cc2cc(C(N)c3nccs3)oc12. The van der Waals surface area contributed by atoms with Crippen LogP contribution in [0, 0.1) is 6.92 Å². The van der Waals surface area contributed by atoms with Gasteiger partial charge in [-0.3, -0.25) is 0 Å². The monoisotopic (exact) mass is 322 g/mol. The predicted molar refractivity (Wildman–Crippen MR) is 76.8 cm³/mol. The Bertz CT molecular complexity index is 690. The minimum absolute atomic E-state index is 0.296. The van der Waals surface area contributed by atoms with Crippen LogP contribution in [0.2, 0.25) is 0 Å². The van der Waals surface area contributed by atoms with E-state index in [1.165, 1.54) is 11.3 Å². The average Bonchev–Trinajstić information content (AvgIpc) is 2.96. The Morgan fingerprint density at radius 2 is 2.22 bits per heavy atom. The van der Waals surface area contributed by atoms with Gasteiger partial charge in [0.05, 0.1) is 0 Å². The summed E-state index contributed by atoms with van der Waals surface area (Å²) >= 11 is 5.02. The third-order valence-corrected chi connectivity index (χ3v) is 4.13. The standard InChI is InChI=1S/C13H11BrN2OS/c1-7-4-9(14)5-8-6-10(17-12(7)8)11(15)13-16-2-3-18-13/h2-6,11H,15H2,1H3. The van der Waals surface area contributed by atoms with Crippen LogP contribution in [0.1, 0.15) is 22.4 Å². The van der Waals surface area contributed by atoms with Crippen LogP contribution in [0.5, 0.6) is 0 Å². The van der Waals surface area contributed by atoms with Crippen molar-refractivity contribution in [2.45, 2.75) is 13.0 Å². The number of aryl methyl sites for hydroxylation is 1. The van der Waals surface area contributed by atoms with E-state index < -0.39 is 0 Å². The van der Waals surface area contributed by atoms with Crippen molar-refractivity contribution in [1.29, 1.82) is 0 Å². The topological polar surface area (TPSA) is 52.0 Å². The minimum atomic E-state index is -0.296. The zero-order valence-corrected chi connectivity index (χ0v) is 12.1. The van der Waals surface area contributed by atoms with E-state index in [4.69, 9.17) is 10.2 Å². The summed E-state index contributed by atoms with van der Waals surface area (Å²) in [5.74, 6) is 0.751. The zero-order chi connectivity index (χ0) is 12.7. The maximum atomic E-state index is 6.16. The summed E-state index contributed by atoms with van der Waals surface area (Å²) in [6.45, 7) is 2.02. The molecule has 3 aromatic rings. The van der Waals surface area contributed by atoms with Gasteiger partial charge in [-0.1, -0.05) is 15.9 Å². The molecule has 0 aliphatic rings. The lowest BCUT2D eigenvalue weighted by Gasteiger charge is -2.03. The van der Waals surface area contributed by atoms with E-state index in [0.29, 0.717) is 0 Å². The van der Waals surface area contributed by atoms with Gasteiger partial charge in [0.1, 0.15) is 22.4 Å². The van der Waals surface area contributed by atoms with Crippen LogP contribution in [0.4, 0.5) is 0 Å². The molecule has 1 aromatic carbocycles. The van der Waals surface area contributed by atoms with Gasteiger partial charge in [0.15, 0.2) is 0 Å². The molecule has 1 atom stereocenters. The highest BCUT2D eigenvalue weighted by molar-refractivity contribution is 9.10. The molecular weight excluding hydrogens is 312 g/mol. The highest BCUT2D eigenvalue weighted by atomic mass is 79.9. The molecule has 0 amide bonds. The van der Waals surface area contributed by atoms with Gasteiger partial charge < -0.3 is 10.2 Å². The number of nitrogens with zero attached hydrogens (tertiary/aromatic N) is 1. The summed E-state index contributed by atoms with van der Waals surface area (Å²) < 4.78 is 6.90. The van der Waals surface area contributed by atoms with E-state index in [1.807, 2.05) is 30.5 Å². The van der Waals surface area contributed by atoms with Crippen LogP contribution in [0.15, 0.2) is 38.7 Å². The largest absolute Gasteiger partial charge is 0.459 e. The predicted octanol–water partition coefficient (Wildman–Crippen LogP) is 4.01. The fraction of sp³-hybridized carbons (Fsp3) is 0.154. The smallest absolute Gasteiger partial charge is 0.137 e. The van der Waals surface area contributed by atoms with Crippen molar-refractivity contribution in [3.8, 4) is 0 Å². The fourth-order valence-corrected chi connectivity index (χ4v) is 3.20. The van der Waals surface area contributed by atoms with Gasteiger partial charge in [-0.05, 0) is 30.7 Å². The van der Waals surface area contributed by atoms with Crippen LogP contribution >= 0.6 is 27.3 Å². The Hall–Kier alpha value is -1.17. The van der Waals surface area contributed by atoms with Crippen molar-refractivity contribution in [1.82, 2.24) is 4.98 Å². The van der Waals surface area contributed by atoms with Crippen molar-refractivity contribution in [3.63, 3.8) is 0 Å². The molecule has 0 saturated carbocycles. The number of rotatable bonds is 2. The molecule has 0 radical (unpaired) electrons. The van der Waals surface area contributed by atoms with Gasteiger partial charge in [-0.25, -0.2) is 4.98 Å². The van der Waals surface area contributed by atoms with Crippen LogP contribution in [0.25, 0.3) is 11.0 Å². The Morgan fingerprint density at radius 3 is 2.94 bits per heavy atom. The number of fused-ring (bicyclic) bond motifs is 1. The molecule has 0 aliphatic carbocycles. The first-order valence-corrected chi connectivity index (χ1v) is 7.17. The lowest BCUT2D eigenvalue weighted by Crippen LogP contribution is -2.10. The molecule has 0 spiro atoms. The summed E-state index contributed by atoms with van der Waals surface area (Å²) in [6.07, 6.45) is 1.75. The molecule has 0 bridgehead atoms. The summed E-state index contributed by atoms with van der Waals surface area (Å²) in [5, 5.41) is 3.84. The van der Waals surface area contributed by atoms with E-state index in [2.05, 4.69) is 20.9 Å². The summed E-state index contributed by atoms with van der Waals surface area (Å²) in [4.78, 5) is 4.23. The number of hydrogen-bond donors (Lipinski definition) is 1. The van der Waals surface area contributed by atoms with Gasteiger partial charge in [0.25, 0.3) is 0 Å². The van der Waals surface area contributed by atoms with Gasteiger partial charge in [-0.2, -0.15) is 0 Å². The Morgan fingerprint density at radius 1 is 1.39 bits per heavy atom. The van der Waals surface area contributed by atoms with Crippen molar-refractivity contribution in [2.24, 2.45) is 5.73 Å². The van der Waals surface area contributed by atoms with Crippen LogP contribution in [-0.2, 0) is 0 Å². The van der Waals surface area contributed by atoms with Crippen LogP contribution < -0.4 is 5.73 Å². The van der Waals surface area contributed by atoms with Gasteiger partial charge in [0, 0.05) is 21.4 Å². The molecule has 5 heteroatoms. The second kappa shape index (κ2) is 4.50. The lowest BCUT2D eigenvalue weighted by atomic mass is 10.1. The Labute approximate surface area is 117 Å². The molecule has 92 valence electrons. The van der Waals surface area contributed by atoms with E-state index in [-0.39, 0.29) is 6.04 Å². The van der Waals surface area contributed by atoms with Crippen LogP contribution in [0.3, 0.4) is 0 Å². The minimum Gasteiger partial charge on any atom is -0.459 e. The second-order valence-electron chi connectivity index (χ2n) is 4.14. The number of furan rings is 1. The summed E-state index contributed by atoms with van der Waals surface area (Å²) in [6, 6.07) is 5.75. The molecular formula is C13H11BrN2OS. The number of hydrogen-bond acceptors (Lipinski definition) is 4. The average molecular weight is 323 g/mol. The Kier molecular flexibility index (Phi) is 2.97. The normalized spacial score (nSPS) is 13.1. The van der Waals surface area contributed by atoms with Gasteiger partial charge >= 0.3 is 0 Å². The molecule has 3 rings (SSSR count). The number of benzene rings is 1. The van der Waals surface area contributed by atoms with E-state index in [9.17, 15) is 0 Å².